The Morgan fingerprint density at radius 2 is 2.31 bits per heavy atom. The van der Waals surface area contributed by atoms with Crippen LogP contribution in [0.5, 0.6) is 0 Å². The number of anilines is 1. The summed E-state index contributed by atoms with van der Waals surface area (Å²) in [6.07, 6.45) is 4.20. The Morgan fingerprint density at radius 1 is 1.56 bits per heavy atom. The quantitative estimate of drug-likeness (QED) is 0.820. The molecule has 1 N–H and O–H groups in total. The first-order chi connectivity index (χ1) is 7.65. The largest absolute Gasteiger partial charge is 0.480 e. The fraction of sp³-hybridized carbons (Fsp3) is 0.500. The van der Waals surface area contributed by atoms with Crippen molar-refractivity contribution >= 4 is 11.8 Å². The second-order valence-electron chi connectivity index (χ2n) is 4.41. The summed E-state index contributed by atoms with van der Waals surface area (Å²) in [7, 11) is 0. The van der Waals surface area contributed by atoms with E-state index in [-0.39, 0.29) is 6.54 Å². The first-order valence-electron chi connectivity index (χ1n) is 5.54. The van der Waals surface area contributed by atoms with Crippen LogP contribution in [0.25, 0.3) is 0 Å². The average Bonchev–Trinajstić information content (AvgIpc) is 3.01. The van der Waals surface area contributed by atoms with E-state index >= 15 is 0 Å². The third-order valence-electron chi connectivity index (χ3n) is 2.72. The highest BCUT2D eigenvalue weighted by Crippen LogP contribution is 2.30. The third kappa shape index (κ3) is 2.95. The van der Waals surface area contributed by atoms with Crippen molar-refractivity contribution < 1.29 is 9.90 Å². The predicted octanol–water partition coefficient (Wildman–Crippen LogP) is 1.69. The normalized spacial score (nSPS) is 14.8. The maximum absolute atomic E-state index is 10.8. The number of hydrogen-bond acceptors (Lipinski definition) is 3. The summed E-state index contributed by atoms with van der Waals surface area (Å²) in [4.78, 5) is 16.9. The summed E-state index contributed by atoms with van der Waals surface area (Å²) < 4.78 is 0. The number of aromatic nitrogens is 1. The Kier molecular flexibility index (Phi) is 3.08. The summed E-state index contributed by atoms with van der Waals surface area (Å²) >= 11 is 0. The fourth-order valence-electron chi connectivity index (χ4n) is 1.66. The van der Waals surface area contributed by atoms with Crippen molar-refractivity contribution in [3.63, 3.8) is 0 Å². The van der Waals surface area contributed by atoms with Crippen molar-refractivity contribution in [2.45, 2.75) is 19.8 Å². The van der Waals surface area contributed by atoms with Crippen LogP contribution in [0.3, 0.4) is 0 Å². The van der Waals surface area contributed by atoms with Crippen LogP contribution in [0, 0.1) is 12.8 Å². The smallest absolute Gasteiger partial charge is 0.323 e. The Morgan fingerprint density at radius 3 is 2.81 bits per heavy atom. The minimum atomic E-state index is -0.803. The van der Waals surface area contributed by atoms with E-state index in [1.807, 2.05) is 24.0 Å². The van der Waals surface area contributed by atoms with E-state index in [0.717, 1.165) is 17.9 Å². The Hall–Kier alpha value is -1.58. The molecule has 2 rings (SSSR count). The molecule has 0 aliphatic heterocycles. The molecule has 4 nitrogen and oxygen atoms in total. The molecule has 0 aromatic carbocycles. The molecule has 1 aromatic heterocycles. The van der Waals surface area contributed by atoms with Crippen molar-refractivity contribution in [3.8, 4) is 0 Å². The highest BCUT2D eigenvalue weighted by Gasteiger charge is 2.25. The van der Waals surface area contributed by atoms with E-state index in [2.05, 4.69) is 4.98 Å². The van der Waals surface area contributed by atoms with Gasteiger partial charge in [-0.3, -0.25) is 4.79 Å². The lowest BCUT2D eigenvalue weighted by atomic mass is 10.3. The number of carboxylic acids is 1. The third-order valence-corrected chi connectivity index (χ3v) is 2.72. The lowest BCUT2D eigenvalue weighted by molar-refractivity contribution is -0.135. The van der Waals surface area contributed by atoms with Crippen LogP contribution in [0.1, 0.15) is 18.4 Å². The van der Waals surface area contributed by atoms with Crippen molar-refractivity contribution in [1.82, 2.24) is 4.98 Å². The number of aliphatic carboxylic acids is 1. The van der Waals surface area contributed by atoms with Gasteiger partial charge in [0.15, 0.2) is 0 Å². The van der Waals surface area contributed by atoms with Gasteiger partial charge in [0.2, 0.25) is 0 Å². The molecule has 1 aliphatic carbocycles. The van der Waals surface area contributed by atoms with Gasteiger partial charge >= 0.3 is 5.97 Å². The van der Waals surface area contributed by atoms with Crippen molar-refractivity contribution in [3.05, 3.63) is 23.9 Å². The zero-order chi connectivity index (χ0) is 11.5. The number of aryl methyl sites for hydroxylation is 1. The molecule has 0 amide bonds. The molecular formula is C12H16N2O2. The average molecular weight is 220 g/mol. The number of hydrogen-bond donors (Lipinski definition) is 1. The number of nitrogens with zero attached hydrogens (tertiary/aromatic N) is 2. The van der Waals surface area contributed by atoms with Gasteiger partial charge in [-0.25, -0.2) is 4.98 Å². The van der Waals surface area contributed by atoms with E-state index in [4.69, 9.17) is 5.11 Å². The van der Waals surface area contributed by atoms with Gasteiger partial charge in [0.05, 0.1) is 0 Å². The van der Waals surface area contributed by atoms with E-state index < -0.39 is 5.97 Å². The Labute approximate surface area is 94.9 Å². The summed E-state index contributed by atoms with van der Waals surface area (Å²) in [5.74, 6) is 0.616. The van der Waals surface area contributed by atoms with Crippen molar-refractivity contribution in [2.75, 3.05) is 18.0 Å². The molecular weight excluding hydrogens is 204 g/mol. The molecule has 0 radical (unpaired) electrons. The highest BCUT2D eigenvalue weighted by molar-refractivity contribution is 5.73. The highest BCUT2D eigenvalue weighted by atomic mass is 16.4. The van der Waals surface area contributed by atoms with Gasteiger partial charge < -0.3 is 10.0 Å². The summed E-state index contributed by atoms with van der Waals surface area (Å²) in [5, 5.41) is 8.86. The maximum atomic E-state index is 10.8. The summed E-state index contributed by atoms with van der Waals surface area (Å²) in [6.45, 7) is 2.81. The second-order valence-corrected chi connectivity index (χ2v) is 4.41. The first kappa shape index (κ1) is 10.9. The van der Waals surface area contributed by atoms with E-state index in [0.29, 0.717) is 5.92 Å². The molecule has 4 heteroatoms. The molecule has 0 bridgehead atoms. The molecule has 1 saturated carbocycles. The lowest BCUT2D eigenvalue weighted by Crippen LogP contribution is -2.32. The zero-order valence-corrected chi connectivity index (χ0v) is 9.39. The van der Waals surface area contributed by atoms with Gasteiger partial charge in [-0.15, -0.1) is 0 Å². The molecule has 1 heterocycles. The molecule has 0 unspecified atom stereocenters. The summed E-state index contributed by atoms with van der Waals surface area (Å²) in [5.41, 5.74) is 1.09. The van der Waals surface area contributed by atoms with Crippen LogP contribution in [-0.4, -0.2) is 29.1 Å². The van der Waals surface area contributed by atoms with Gasteiger partial charge in [-0.05, 0) is 37.3 Å². The van der Waals surface area contributed by atoms with E-state index in [1.165, 1.54) is 12.8 Å². The van der Waals surface area contributed by atoms with Crippen LogP contribution in [-0.2, 0) is 4.79 Å². The summed E-state index contributed by atoms with van der Waals surface area (Å²) in [6, 6.07) is 3.85. The second kappa shape index (κ2) is 4.51. The topological polar surface area (TPSA) is 53.4 Å². The SMILES string of the molecule is Cc1ccc(N(CC(=O)O)CC2CC2)nc1. The van der Waals surface area contributed by atoms with Gasteiger partial charge in [-0.1, -0.05) is 6.07 Å². The number of carboxylic acid groups (broad SMARTS) is 1. The van der Waals surface area contributed by atoms with Gasteiger partial charge in [0.1, 0.15) is 12.4 Å². The molecule has 0 saturated heterocycles. The monoisotopic (exact) mass is 220 g/mol. The predicted molar refractivity (Wildman–Crippen MR) is 61.5 cm³/mol. The number of carbonyl (C=O) groups is 1. The Bertz CT molecular complexity index is 371. The Balaban J connectivity index is 2.09. The van der Waals surface area contributed by atoms with Crippen LogP contribution < -0.4 is 4.90 Å². The maximum Gasteiger partial charge on any atom is 0.323 e. The van der Waals surface area contributed by atoms with Crippen LogP contribution in [0.2, 0.25) is 0 Å². The molecule has 1 fully saturated rings. The van der Waals surface area contributed by atoms with Crippen LogP contribution >= 0.6 is 0 Å². The molecule has 1 aliphatic rings. The molecule has 0 spiro atoms. The standard InChI is InChI=1S/C12H16N2O2/c1-9-2-5-11(13-6-9)14(8-12(15)16)7-10-3-4-10/h2,5-6,10H,3-4,7-8H2,1H3,(H,15,16). The van der Waals surface area contributed by atoms with E-state index in [9.17, 15) is 4.79 Å². The van der Waals surface area contributed by atoms with Crippen molar-refractivity contribution in [2.24, 2.45) is 5.92 Å². The van der Waals surface area contributed by atoms with Gasteiger partial charge in [0, 0.05) is 12.7 Å². The lowest BCUT2D eigenvalue weighted by Gasteiger charge is -2.21. The van der Waals surface area contributed by atoms with E-state index in [1.54, 1.807) is 6.20 Å². The molecule has 0 atom stereocenters. The van der Waals surface area contributed by atoms with Gasteiger partial charge in [-0.2, -0.15) is 0 Å². The van der Waals surface area contributed by atoms with Crippen LogP contribution in [0.4, 0.5) is 5.82 Å². The fourth-order valence-corrected chi connectivity index (χ4v) is 1.66. The van der Waals surface area contributed by atoms with Crippen LogP contribution in [0.15, 0.2) is 18.3 Å². The molecule has 1 aromatic rings. The van der Waals surface area contributed by atoms with Crippen molar-refractivity contribution in [1.29, 1.82) is 0 Å². The molecule has 16 heavy (non-hydrogen) atoms. The first-order valence-corrected chi connectivity index (χ1v) is 5.54. The minimum Gasteiger partial charge on any atom is -0.480 e. The minimum absolute atomic E-state index is 0.0343. The molecule has 86 valence electrons. The number of rotatable bonds is 5. The number of pyridine rings is 1. The zero-order valence-electron chi connectivity index (χ0n) is 9.39. The van der Waals surface area contributed by atoms with Gasteiger partial charge in [0.25, 0.3) is 0 Å².